The molecule has 8 nitrogen and oxygen atoms in total. The summed E-state index contributed by atoms with van der Waals surface area (Å²) in [5, 5.41) is 18.8. The van der Waals surface area contributed by atoms with Crippen LogP contribution in [0.3, 0.4) is 0 Å². The molecular formula is C10H17N3O5. The number of hydrogen-bond donors (Lipinski definition) is 4. The Kier molecular flexibility index (Phi) is 5.05. The van der Waals surface area contributed by atoms with Gasteiger partial charge in [-0.05, 0) is 19.3 Å². The maximum Gasteiger partial charge on any atom is 0.322 e. The number of amides is 1. The van der Waals surface area contributed by atoms with Crippen molar-refractivity contribution in [2.75, 3.05) is 6.54 Å². The minimum atomic E-state index is -1.16. The normalized spacial score (nSPS) is 21.5. The molecule has 5 N–H and O–H groups in total. The number of carboxylic acids is 2. The monoisotopic (exact) mass is 259 g/mol. The Labute approximate surface area is 104 Å². The highest BCUT2D eigenvalue weighted by Gasteiger charge is 2.31. The van der Waals surface area contributed by atoms with Gasteiger partial charge in [-0.1, -0.05) is 0 Å². The zero-order valence-corrected chi connectivity index (χ0v) is 9.83. The lowest BCUT2D eigenvalue weighted by atomic mass is 10.1. The Bertz CT molecular complexity index is 346. The maximum atomic E-state index is 11.5. The summed E-state index contributed by atoms with van der Waals surface area (Å²) in [7, 11) is 0. The van der Waals surface area contributed by atoms with Crippen LogP contribution in [0.4, 0.5) is 0 Å². The molecule has 0 saturated carbocycles. The van der Waals surface area contributed by atoms with Crippen LogP contribution in [-0.2, 0) is 14.4 Å². The van der Waals surface area contributed by atoms with E-state index in [1.807, 2.05) is 0 Å². The fourth-order valence-corrected chi connectivity index (χ4v) is 1.78. The van der Waals surface area contributed by atoms with E-state index in [1.54, 1.807) is 0 Å². The first-order valence-corrected chi connectivity index (χ1v) is 5.69. The lowest BCUT2D eigenvalue weighted by Crippen LogP contribution is -2.48. The third-order valence-electron chi connectivity index (χ3n) is 2.81. The molecule has 1 aliphatic heterocycles. The highest BCUT2D eigenvalue weighted by atomic mass is 16.4. The fraction of sp³-hybridized carbons (Fsp3) is 0.700. The van der Waals surface area contributed by atoms with Gasteiger partial charge in [-0.3, -0.25) is 19.8 Å². The van der Waals surface area contributed by atoms with Crippen molar-refractivity contribution < 1.29 is 24.6 Å². The van der Waals surface area contributed by atoms with Crippen molar-refractivity contribution in [2.24, 2.45) is 5.73 Å². The Morgan fingerprint density at radius 1 is 1.39 bits per heavy atom. The van der Waals surface area contributed by atoms with Crippen LogP contribution < -0.4 is 11.2 Å². The van der Waals surface area contributed by atoms with Crippen molar-refractivity contribution in [1.82, 2.24) is 10.4 Å². The summed E-state index contributed by atoms with van der Waals surface area (Å²) in [6, 6.07) is -1.79. The van der Waals surface area contributed by atoms with Crippen molar-refractivity contribution in [3.8, 4) is 0 Å². The van der Waals surface area contributed by atoms with Gasteiger partial charge in [0.05, 0.1) is 0 Å². The van der Waals surface area contributed by atoms with E-state index >= 15 is 0 Å². The van der Waals surface area contributed by atoms with E-state index in [1.165, 1.54) is 5.01 Å². The van der Waals surface area contributed by atoms with Gasteiger partial charge in [-0.2, -0.15) is 0 Å². The lowest BCUT2D eigenvalue weighted by molar-refractivity contribution is -0.144. The number of hydrogen-bond acceptors (Lipinski definition) is 5. The van der Waals surface area contributed by atoms with E-state index in [0.29, 0.717) is 19.4 Å². The Hall–Kier alpha value is -1.67. The summed E-state index contributed by atoms with van der Waals surface area (Å²) < 4.78 is 0. The summed E-state index contributed by atoms with van der Waals surface area (Å²) in [4.78, 5) is 32.8. The number of rotatable bonds is 6. The van der Waals surface area contributed by atoms with Crippen molar-refractivity contribution in [1.29, 1.82) is 0 Å². The molecule has 18 heavy (non-hydrogen) atoms. The largest absolute Gasteiger partial charge is 0.480 e. The molecule has 1 aliphatic rings. The van der Waals surface area contributed by atoms with E-state index in [4.69, 9.17) is 15.9 Å². The van der Waals surface area contributed by atoms with Gasteiger partial charge in [0.15, 0.2) is 0 Å². The van der Waals surface area contributed by atoms with Gasteiger partial charge in [0.2, 0.25) is 5.91 Å². The Morgan fingerprint density at radius 3 is 2.61 bits per heavy atom. The van der Waals surface area contributed by atoms with Crippen LogP contribution in [0.5, 0.6) is 0 Å². The number of nitrogens with one attached hydrogen (secondary N) is 1. The Balaban J connectivity index is 2.36. The molecule has 2 atom stereocenters. The first-order chi connectivity index (χ1) is 8.41. The number of carbonyl (C=O) groups is 3. The molecular weight excluding hydrogens is 242 g/mol. The molecule has 0 aromatic heterocycles. The van der Waals surface area contributed by atoms with Crippen LogP contribution in [0.1, 0.15) is 25.7 Å². The number of hydrazine groups is 1. The smallest absolute Gasteiger partial charge is 0.322 e. The van der Waals surface area contributed by atoms with Gasteiger partial charge in [0.25, 0.3) is 0 Å². The van der Waals surface area contributed by atoms with Gasteiger partial charge in [-0.25, -0.2) is 5.01 Å². The van der Waals surface area contributed by atoms with Gasteiger partial charge >= 0.3 is 11.9 Å². The molecule has 102 valence electrons. The fourth-order valence-electron chi connectivity index (χ4n) is 1.78. The molecule has 8 heteroatoms. The second-order valence-corrected chi connectivity index (χ2v) is 4.21. The molecule has 1 amide bonds. The van der Waals surface area contributed by atoms with Gasteiger partial charge in [0.1, 0.15) is 12.1 Å². The van der Waals surface area contributed by atoms with Crippen LogP contribution in [0.25, 0.3) is 0 Å². The van der Waals surface area contributed by atoms with E-state index in [0.717, 1.165) is 0 Å². The summed E-state index contributed by atoms with van der Waals surface area (Å²) in [6.45, 7) is 0.480. The summed E-state index contributed by atoms with van der Waals surface area (Å²) in [6.07, 6.45) is 1.17. The van der Waals surface area contributed by atoms with Crippen molar-refractivity contribution >= 4 is 17.8 Å². The highest BCUT2D eigenvalue weighted by Crippen LogP contribution is 2.14. The molecule has 1 fully saturated rings. The molecule has 0 radical (unpaired) electrons. The first kappa shape index (κ1) is 14.4. The minimum absolute atomic E-state index is 0.0206. The standard InChI is InChI=1S/C10H17N3O5/c11-6(9(15)16)3-4-8(14)12-13-5-1-2-7(13)10(17)18/h6-7H,1-5,11H2,(H,12,14)(H,15,16)(H,17,18)/t6-,7+/m0/s1. The quantitative estimate of drug-likeness (QED) is 0.468. The lowest BCUT2D eigenvalue weighted by Gasteiger charge is -2.21. The second-order valence-electron chi connectivity index (χ2n) is 4.21. The average molecular weight is 259 g/mol. The zero-order chi connectivity index (χ0) is 13.7. The van der Waals surface area contributed by atoms with Crippen molar-refractivity contribution in [3.05, 3.63) is 0 Å². The first-order valence-electron chi connectivity index (χ1n) is 5.69. The summed E-state index contributed by atoms with van der Waals surface area (Å²) in [5.41, 5.74) is 7.73. The molecule has 0 aromatic rings. The Morgan fingerprint density at radius 2 is 2.06 bits per heavy atom. The third-order valence-corrected chi connectivity index (χ3v) is 2.81. The van der Waals surface area contributed by atoms with E-state index in [-0.39, 0.29) is 12.8 Å². The molecule has 0 bridgehead atoms. The van der Waals surface area contributed by atoms with Crippen LogP contribution in [0, 0.1) is 0 Å². The van der Waals surface area contributed by atoms with Crippen molar-refractivity contribution in [2.45, 2.75) is 37.8 Å². The van der Waals surface area contributed by atoms with Crippen LogP contribution in [0.2, 0.25) is 0 Å². The van der Waals surface area contributed by atoms with E-state index < -0.39 is 29.9 Å². The molecule has 0 aromatic carbocycles. The van der Waals surface area contributed by atoms with Crippen LogP contribution in [0.15, 0.2) is 0 Å². The number of nitrogens with zero attached hydrogens (tertiary/aromatic N) is 1. The van der Waals surface area contributed by atoms with Crippen LogP contribution >= 0.6 is 0 Å². The predicted octanol–water partition coefficient (Wildman–Crippen LogP) is -1.24. The molecule has 1 rings (SSSR count). The summed E-state index contributed by atoms with van der Waals surface area (Å²) >= 11 is 0. The van der Waals surface area contributed by atoms with Crippen LogP contribution in [-0.4, -0.2) is 51.7 Å². The highest BCUT2D eigenvalue weighted by molar-refractivity contribution is 5.79. The number of carbonyl (C=O) groups excluding carboxylic acids is 1. The third kappa shape index (κ3) is 3.97. The average Bonchev–Trinajstić information content (AvgIpc) is 2.73. The van der Waals surface area contributed by atoms with Gasteiger partial charge in [0, 0.05) is 13.0 Å². The molecule has 0 spiro atoms. The number of carboxylic acid groups (broad SMARTS) is 2. The maximum absolute atomic E-state index is 11.5. The minimum Gasteiger partial charge on any atom is -0.480 e. The number of nitrogens with two attached hydrogens (primary N) is 1. The predicted molar refractivity (Wildman–Crippen MR) is 60.4 cm³/mol. The van der Waals surface area contributed by atoms with Crippen molar-refractivity contribution in [3.63, 3.8) is 0 Å². The molecule has 0 unspecified atom stereocenters. The van der Waals surface area contributed by atoms with Gasteiger partial charge < -0.3 is 15.9 Å². The SMILES string of the molecule is N[C@@H](CCC(=O)NN1CCC[C@@H]1C(=O)O)C(=O)O. The second kappa shape index (κ2) is 6.31. The molecule has 1 saturated heterocycles. The van der Waals surface area contributed by atoms with Gasteiger partial charge in [-0.15, -0.1) is 0 Å². The topological polar surface area (TPSA) is 133 Å². The molecule has 0 aliphatic carbocycles. The molecule has 1 heterocycles. The zero-order valence-electron chi connectivity index (χ0n) is 9.83. The summed E-state index contributed by atoms with van der Waals surface area (Å²) in [5.74, 6) is -2.55. The van der Waals surface area contributed by atoms with E-state index in [2.05, 4.69) is 5.43 Å². The van der Waals surface area contributed by atoms with E-state index in [9.17, 15) is 14.4 Å². The number of aliphatic carboxylic acids is 2.